The van der Waals surface area contributed by atoms with E-state index in [9.17, 15) is 14.4 Å². The molecule has 1 heterocycles. The zero-order chi connectivity index (χ0) is 17.4. The van der Waals surface area contributed by atoms with Crippen LogP contribution in [0.15, 0.2) is 24.3 Å². The van der Waals surface area contributed by atoms with Gasteiger partial charge in [0.1, 0.15) is 6.54 Å². The van der Waals surface area contributed by atoms with Crippen molar-refractivity contribution in [3.8, 4) is 0 Å². The number of rotatable bonds is 3. The molecule has 1 saturated carbocycles. The van der Waals surface area contributed by atoms with Gasteiger partial charge in [0.05, 0.1) is 11.5 Å². The molecule has 0 bridgehead atoms. The molecule has 0 aromatic heterocycles. The van der Waals surface area contributed by atoms with E-state index >= 15 is 0 Å². The first-order chi connectivity index (χ1) is 12.1. The van der Waals surface area contributed by atoms with Gasteiger partial charge in [-0.2, -0.15) is 0 Å². The lowest BCUT2D eigenvalue weighted by Gasteiger charge is -2.27. The molecule has 3 aliphatic rings. The van der Waals surface area contributed by atoms with Gasteiger partial charge in [-0.1, -0.05) is 37.1 Å². The second-order valence-corrected chi connectivity index (χ2v) is 7.66. The quantitative estimate of drug-likeness (QED) is 0.860. The summed E-state index contributed by atoms with van der Waals surface area (Å²) in [4.78, 5) is 38.7. The molecule has 5 nitrogen and oxygen atoms in total. The predicted molar refractivity (Wildman–Crippen MR) is 92.5 cm³/mol. The summed E-state index contributed by atoms with van der Waals surface area (Å²) >= 11 is 0. The number of carbonyl (C=O) groups excluding carboxylic acids is 3. The molecule has 1 N–H and O–H groups in total. The molecule has 1 atom stereocenters. The first-order valence-corrected chi connectivity index (χ1v) is 9.31. The maximum atomic E-state index is 12.7. The largest absolute Gasteiger partial charge is 0.348 e. The zero-order valence-corrected chi connectivity index (χ0v) is 14.4. The zero-order valence-electron chi connectivity index (χ0n) is 14.4. The van der Waals surface area contributed by atoms with Crippen LogP contribution in [-0.2, 0) is 20.8 Å². The van der Waals surface area contributed by atoms with E-state index in [-0.39, 0.29) is 36.7 Å². The fourth-order valence-corrected chi connectivity index (χ4v) is 4.75. The van der Waals surface area contributed by atoms with Crippen molar-refractivity contribution in [2.24, 2.45) is 5.41 Å². The van der Waals surface area contributed by atoms with Gasteiger partial charge in [-0.25, -0.2) is 0 Å². The monoisotopic (exact) mass is 340 g/mol. The summed E-state index contributed by atoms with van der Waals surface area (Å²) in [5.74, 6) is -0.557. The van der Waals surface area contributed by atoms with Crippen molar-refractivity contribution in [1.82, 2.24) is 10.2 Å². The minimum absolute atomic E-state index is 0.0225. The van der Waals surface area contributed by atoms with Gasteiger partial charge < -0.3 is 5.32 Å². The Morgan fingerprint density at radius 3 is 2.72 bits per heavy atom. The standard InChI is InChI=1S/C20H24N2O3/c23-17(21-16-9-5-7-14-6-1-2-8-15(14)16)13-22-18(24)12-20(19(22)25)10-3-4-11-20/h1-2,6,8,16H,3-5,7,9-13H2,(H,21,23). The number of fused-ring (bicyclic) bond motifs is 1. The van der Waals surface area contributed by atoms with Crippen LogP contribution in [0.25, 0.3) is 0 Å². The van der Waals surface area contributed by atoms with Crippen molar-refractivity contribution in [3.63, 3.8) is 0 Å². The number of imide groups is 1. The van der Waals surface area contributed by atoms with Crippen LogP contribution in [0.5, 0.6) is 0 Å². The highest BCUT2D eigenvalue weighted by Gasteiger charge is 2.52. The van der Waals surface area contributed by atoms with E-state index < -0.39 is 5.41 Å². The summed E-state index contributed by atoms with van der Waals surface area (Å²) in [7, 11) is 0. The predicted octanol–water partition coefficient (Wildman–Crippen LogP) is 2.50. The SMILES string of the molecule is O=C(CN1C(=O)CC2(CCCC2)C1=O)NC1CCCc2ccccc21. The number of benzene rings is 1. The Morgan fingerprint density at radius 2 is 1.92 bits per heavy atom. The van der Waals surface area contributed by atoms with Crippen LogP contribution < -0.4 is 5.32 Å². The van der Waals surface area contributed by atoms with Crippen molar-refractivity contribution >= 4 is 17.7 Å². The fraction of sp³-hybridized carbons (Fsp3) is 0.550. The summed E-state index contributed by atoms with van der Waals surface area (Å²) in [5.41, 5.74) is 1.93. The number of nitrogens with one attached hydrogen (secondary N) is 1. The van der Waals surface area contributed by atoms with Crippen molar-refractivity contribution in [1.29, 1.82) is 0 Å². The Bertz CT molecular complexity index is 721. The first kappa shape index (κ1) is 16.3. The number of hydrogen-bond donors (Lipinski definition) is 1. The highest BCUT2D eigenvalue weighted by molar-refractivity contribution is 6.08. The normalized spacial score (nSPS) is 24.6. The molecule has 4 rings (SSSR count). The molecule has 1 aromatic carbocycles. The third kappa shape index (κ3) is 2.86. The molecule has 1 saturated heterocycles. The second-order valence-electron chi connectivity index (χ2n) is 7.66. The third-order valence-corrected chi connectivity index (χ3v) is 6.06. The van der Waals surface area contributed by atoms with E-state index in [4.69, 9.17) is 0 Å². The molecule has 132 valence electrons. The van der Waals surface area contributed by atoms with Gasteiger partial charge in [-0.3, -0.25) is 19.3 Å². The molecule has 3 amide bonds. The summed E-state index contributed by atoms with van der Waals surface area (Å²) in [6.45, 7) is -0.141. The van der Waals surface area contributed by atoms with Gasteiger partial charge in [0.15, 0.2) is 0 Å². The minimum atomic E-state index is -0.505. The van der Waals surface area contributed by atoms with Crippen molar-refractivity contribution in [2.75, 3.05) is 6.54 Å². The molecule has 1 aliphatic heterocycles. The van der Waals surface area contributed by atoms with E-state index in [1.807, 2.05) is 12.1 Å². The van der Waals surface area contributed by atoms with Gasteiger partial charge in [-0.15, -0.1) is 0 Å². The number of amides is 3. The molecule has 5 heteroatoms. The Balaban J connectivity index is 1.43. The Morgan fingerprint density at radius 1 is 1.16 bits per heavy atom. The van der Waals surface area contributed by atoms with Crippen LogP contribution in [0.2, 0.25) is 0 Å². The van der Waals surface area contributed by atoms with Crippen molar-refractivity contribution in [2.45, 2.75) is 57.4 Å². The van der Waals surface area contributed by atoms with E-state index in [1.165, 1.54) is 10.5 Å². The highest BCUT2D eigenvalue weighted by Crippen LogP contribution is 2.46. The minimum Gasteiger partial charge on any atom is -0.348 e. The first-order valence-electron chi connectivity index (χ1n) is 9.31. The van der Waals surface area contributed by atoms with Crippen LogP contribution >= 0.6 is 0 Å². The van der Waals surface area contributed by atoms with Gasteiger partial charge in [-0.05, 0) is 43.2 Å². The van der Waals surface area contributed by atoms with E-state index in [2.05, 4.69) is 17.4 Å². The molecule has 2 fully saturated rings. The average molecular weight is 340 g/mol. The Hall–Kier alpha value is -2.17. The lowest BCUT2D eigenvalue weighted by molar-refractivity contribution is -0.145. The van der Waals surface area contributed by atoms with Crippen molar-refractivity contribution < 1.29 is 14.4 Å². The topological polar surface area (TPSA) is 66.5 Å². The molecule has 25 heavy (non-hydrogen) atoms. The third-order valence-electron chi connectivity index (χ3n) is 6.06. The highest BCUT2D eigenvalue weighted by atomic mass is 16.2. The van der Waals surface area contributed by atoms with E-state index in [1.54, 1.807) is 0 Å². The fourth-order valence-electron chi connectivity index (χ4n) is 4.75. The van der Waals surface area contributed by atoms with Crippen molar-refractivity contribution in [3.05, 3.63) is 35.4 Å². The van der Waals surface area contributed by atoms with Crippen LogP contribution in [0.1, 0.15) is 62.1 Å². The number of aryl methyl sites for hydroxylation is 1. The lowest BCUT2D eigenvalue weighted by atomic mass is 9.84. The second kappa shape index (κ2) is 6.28. The lowest BCUT2D eigenvalue weighted by Crippen LogP contribution is -2.43. The Kier molecular flexibility index (Phi) is 4.10. The molecular weight excluding hydrogens is 316 g/mol. The maximum Gasteiger partial charge on any atom is 0.240 e. The van der Waals surface area contributed by atoms with Crippen LogP contribution in [0, 0.1) is 5.41 Å². The van der Waals surface area contributed by atoms with Gasteiger partial charge >= 0.3 is 0 Å². The number of nitrogens with zero attached hydrogens (tertiary/aromatic N) is 1. The van der Waals surface area contributed by atoms with Crippen LogP contribution in [-0.4, -0.2) is 29.2 Å². The summed E-state index contributed by atoms with van der Waals surface area (Å²) in [6.07, 6.45) is 6.81. The number of likely N-dealkylation sites (tertiary alicyclic amines) is 1. The molecule has 1 aromatic rings. The number of carbonyl (C=O) groups is 3. The summed E-state index contributed by atoms with van der Waals surface area (Å²) in [6, 6.07) is 8.14. The van der Waals surface area contributed by atoms with Crippen LogP contribution in [0.4, 0.5) is 0 Å². The Labute approximate surface area is 147 Å². The molecular formula is C20H24N2O3. The number of hydrogen-bond acceptors (Lipinski definition) is 3. The summed E-state index contributed by atoms with van der Waals surface area (Å²) < 4.78 is 0. The average Bonchev–Trinajstić information content (AvgIpc) is 3.16. The molecule has 0 radical (unpaired) electrons. The summed E-state index contributed by atoms with van der Waals surface area (Å²) in [5, 5.41) is 3.04. The van der Waals surface area contributed by atoms with Gasteiger partial charge in [0.2, 0.25) is 17.7 Å². The van der Waals surface area contributed by atoms with Gasteiger partial charge in [0, 0.05) is 6.42 Å². The van der Waals surface area contributed by atoms with E-state index in [0.29, 0.717) is 0 Å². The molecule has 1 spiro atoms. The maximum absolute atomic E-state index is 12.7. The van der Waals surface area contributed by atoms with E-state index in [0.717, 1.165) is 50.5 Å². The van der Waals surface area contributed by atoms with Crippen LogP contribution in [0.3, 0.4) is 0 Å². The molecule has 2 aliphatic carbocycles. The van der Waals surface area contributed by atoms with Gasteiger partial charge in [0.25, 0.3) is 0 Å². The smallest absolute Gasteiger partial charge is 0.240 e. The molecule has 1 unspecified atom stereocenters.